The van der Waals surface area contributed by atoms with Crippen LogP contribution in [0.25, 0.3) is 0 Å². The molecule has 1 saturated carbocycles. The topological polar surface area (TPSA) is 102 Å². The molecular weight excluding hydrogens is 334 g/mol. The first-order chi connectivity index (χ1) is 11.4. The Bertz CT molecular complexity index is 688. The summed E-state index contributed by atoms with van der Waals surface area (Å²) in [6, 6.07) is 4.34. The molecule has 0 bridgehead atoms. The van der Waals surface area contributed by atoms with Crippen LogP contribution in [-0.4, -0.2) is 40.3 Å². The van der Waals surface area contributed by atoms with Crippen molar-refractivity contribution in [2.24, 2.45) is 11.8 Å². The summed E-state index contributed by atoms with van der Waals surface area (Å²) in [5.74, 6) is -0.779. The number of aliphatic carboxylic acids is 1. The Labute approximate surface area is 142 Å². The number of rotatable bonds is 7. The summed E-state index contributed by atoms with van der Waals surface area (Å²) in [7, 11) is -0.842. The van der Waals surface area contributed by atoms with Crippen molar-refractivity contribution in [1.29, 1.82) is 0 Å². The van der Waals surface area contributed by atoms with Crippen molar-refractivity contribution in [1.82, 2.24) is 4.72 Å². The summed E-state index contributed by atoms with van der Waals surface area (Å²) in [6.45, 7) is 0.119. The number of carbonyl (C=O) groups is 1. The van der Waals surface area contributed by atoms with Gasteiger partial charge < -0.3 is 14.6 Å². The summed E-state index contributed by atoms with van der Waals surface area (Å²) in [4.78, 5) is 11.4. The fraction of sp³-hybridized carbons (Fsp3) is 0.562. The van der Waals surface area contributed by atoms with Gasteiger partial charge in [-0.15, -0.1) is 0 Å². The molecule has 7 nitrogen and oxygen atoms in total. The number of sulfonamides is 1. The molecule has 1 fully saturated rings. The fourth-order valence-electron chi connectivity index (χ4n) is 3.06. The molecule has 1 aliphatic rings. The molecule has 0 aromatic heterocycles. The minimum absolute atomic E-state index is 0.0582. The van der Waals surface area contributed by atoms with Gasteiger partial charge in [-0.2, -0.15) is 0 Å². The quantitative estimate of drug-likeness (QED) is 0.772. The van der Waals surface area contributed by atoms with Gasteiger partial charge in [0.05, 0.1) is 25.0 Å². The summed E-state index contributed by atoms with van der Waals surface area (Å²) in [5, 5.41) is 9.27. The van der Waals surface area contributed by atoms with Gasteiger partial charge in [0.15, 0.2) is 11.5 Å². The van der Waals surface area contributed by atoms with Crippen LogP contribution in [0.3, 0.4) is 0 Å². The highest BCUT2D eigenvalue weighted by Gasteiger charge is 2.31. The van der Waals surface area contributed by atoms with Gasteiger partial charge in [-0.25, -0.2) is 13.1 Å². The van der Waals surface area contributed by atoms with Crippen LogP contribution < -0.4 is 14.2 Å². The van der Waals surface area contributed by atoms with E-state index in [4.69, 9.17) is 9.47 Å². The highest BCUT2D eigenvalue weighted by Crippen LogP contribution is 2.31. The Morgan fingerprint density at radius 1 is 1.21 bits per heavy atom. The third-order valence-corrected chi connectivity index (χ3v) is 5.85. The molecular formula is C16H23NO6S. The van der Waals surface area contributed by atoms with Crippen LogP contribution in [0.4, 0.5) is 0 Å². The number of nitrogens with one attached hydrogen (secondary N) is 1. The first-order valence-electron chi connectivity index (χ1n) is 7.83. The number of carboxylic acid groups (broad SMARTS) is 1. The molecule has 1 aromatic carbocycles. The third-order valence-electron chi connectivity index (χ3n) is 4.43. The summed E-state index contributed by atoms with van der Waals surface area (Å²) in [6.07, 6.45) is 3.10. The summed E-state index contributed by atoms with van der Waals surface area (Å²) < 4.78 is 37.7. The van der Waals surface area contributed by atoms with Gasteiger partial charge in [-0.1, -0.05) is 12.8 Å². The van der Waals surface area contributed by atoms with Gasteiger partial charge in [0.1, 0.15) is 0 Å². The fourth-order valence-corrected chi connectivity index (χ4v) is 4.17. The van der Waals surface area contributed by atoms with Gasteiger partial charge in [0, 0.05) is 12.6 Å². The molecule has 0 unspecified atom stereocenters. The minimum Gasteiger partial charge on any atom is -0.493 e. The second-order valence-electron chi connectivity index (χ2n) is 5.86. The van der Waals surface area contributed by atoms with Crippen LogP contribution in [0.15, 0.2) is 23.1 Å². The van der Waals surface area contributed by atoms with Crippen molar-refractivity contribution in [3.8, 4) is 11.5 Å². The lowest BCUT2D eigenvalue weighted by atomic mass is 9.79. The van der Waals surface area contributed by atoms with E-state index in [1.807, 2.05) is 0 Å². The lowest BCUT2D eigenvalue weighted by Crippen LogP contribution is -2.37. The third kappa shape index (κ3) is 4.18. The highest BCUT2D eigenvalue weighted by atomic mass is 32.2. The standard InChI is InChI=1S/C16H23NO6S/c1-22-14-8-7-12(9-15(14)23-2)24(20,21)17-10-11-5-3-4-6-13(11)16(18)19/h7-9,11,13,17H,3-6,10H2,1-2H3,(H,18,19)/t11-,13-/m0/s1. The first kappa shape index (κ1) is 18.5. The number of hydrogen-bond donors (Lipinski definition) is 2. The van der Waals surface area contributed by atoms with Gasteiger partial charge in [-0.05, 0) is 30.9 Å². The molecule has 0 aliphatic heterocycles. The molecule has 2 rings (SSSR count). The van der Waals surface area contributed by atoms with Crippen molar-refractivity contribution >= 4 is 16.0 Å². The van der Waals surface area contributed by atoms with Crippen LogP contribution in [0.1, 0.15) is 25.7 Å². The SMILES string of the molecule is COc1ccc(S(=O)(=O)NC[C@@H]2CCCC[C@@H]2C(=O)O)cc1OC. The molecule has 0 spiro atoms. The first-order valence-corrected chi connectivity index (χ1v) is 9.32. The van der Waals surface area contributed by atoms with Crippen LogP contribution in [0.5, 0.6) is 11.5 Å². The maximum absolute atomic E-state index is 12.5. The van der Waals surface area contributed by atoms with E-state index in [0.717, 1.165) is 12.8 Å². The van der Waals surface area contributed by atoms with E-state index in [0.29, 0.717) is 24.3 Å². The van der Waals surface area contributed by atoms with Crippen LogP contribution >= 0.6 is 0 Å². The van der Waals surface area contributed by atoms with Crippen molar-refractivity contribution in [3.63, 3.8) is 0 Å². The zero-order chi connectivity index (χ0) is 17.7. The molecule has 0 radical (unpaired) electrons. The molecule has 1 aromatic rings. The average molecular weight is 357 g/mol. The molecule has 0 heterocycles. The molecule has 2 N–H and O–H groups in total. The van der Waals surface area contributed by atoms with E-state index in [2.05, 4.69) is 4.72 Å². The minimum atomic E-state index is -3.74. The van der Waals surface area contributed by atoms with Crippen LogP contribution in [-0.2, 0) is 14.8 Å². The smallest absolute Gasteiger partial charge is 0.306 e. The van der Waals surface area contributed by atoms with E-state index in [9.17, 15) is 18.3 Å². The van der Waals surface area contributed by atoms with E-state index in [-0.39, 0.29) is 17.4 Å². The monoisotopic (exact) mass is 357 g/mol. The van der Waals surface area contributed by atoms with Crippen LogP contribution in [0, 0.1) is 11.8 Å². The molecule has 2 atom stereocenters. The normalized spacial score (nSPS) is 21.2. The zero-order valence-electron chi connectivity index (χ0n) is 13.8. The zero-order valence-corrected chi connectivity index (χ0v) is 14.6. The lowest BCUT2D eigenvalue weighted by Gasteiger charge is -2.28. The molecule has 24 heavy (non-hydrogen) atoms. The van der Waals surface area contributed by atoms with Crippen molar-refractivity contribution in [2.45, 2.75) is 30.6 Å². The largest absolute Gasteiger partial charge is 0.493 e. The summed E-state index contributed by atoms with van der Waals surface area (Å²) >= 11 is 0. The predicted molar refractivity (Wildman–Crippen MR) is 87.8 cm³/mol. The molecule has 0 amide bonds. The van der Waals surface area contributed by atoms with Crippen molar-refractivity contribution < 1.29 is 27.8 Å². The Morgan fingerprint density at radius 3 is 2.50 bits per heavy atom. The maximum atomic E-state index is 12.5. The average Bonchev–Trinajstić information content (AvgIpc) is 2.59. The highest BCUT2D eigenvalue weighted by molar-refractivity contribution is 7.89. The van der Waals surface area contributed by atoms with Gasteiger partial charge in [-0.3, -0.25) is 4.79 Å². The lowest BCUT2D eigenvalue weighted by molar-refractivity contribution is -0.144. The number of methoxy groups -OCH3 is 2. The van der Waals surface area contributed by atoms with Gasteiger partial charge >= 0.3 is 5.97 Å². The van der Waals surface area contributed by atoms with Gasteiger partial charge in [0.25, 0.3) is 0 Å². The maximum Gasteiger partial charge on any atom is 0.306 e. The Hall–Kier alpha value is -1.80. The molecule has 8 heteroatoms. The molecule has 134 valence electrons. The van der Waals surface area contributed by atoms with E-state index >= 15 is 0 Å². The van der Waals surface area contributed by atoms with E-state index in [1.165, 1.54) is 32.4 Å². The Morgan fingerprint density at radius 2 is 1.88 bits per heavy atom. The number of hydrogen-bond acceptors (Lipinski definition) is 5. The predicted octanol–water partition coefficient (Wildman–Crippen LogP) is 1.87. The second kappa shape index (κ2) is 7.85. The number of benzene rings is 1. The van der Waals surface area contributed by atoms with Crippen LogP contribution in [0.2, 0.25) is 0 Å². The van der Waals surface area contributed by atoms with Crippen molar-refractivity contribution in [3.05, 3.63) is 18.2 Å². The Balaban J connectivity index is 2.12. The molecule has 0 saturated heterocycles. The van der Waals surface area contributed by atoms with E-state index < -0.39 is 21.9 Å². The second-order valence-corrected chi connectivity index (χ2v) is 7.62. The van der Waals surface area contributed by atoms with Gasteiger partial charge in [0.2, 0.25) is 10.0 Å². The molecule has 1 aliphatic carbocycles. The van der Waals surface area contributed by atoms with Crippen molar-refractivity contribution in [2.75, 3.05) is 20.8 Å². The Kier molecular flexibility index (Phi) is 6.06. The van der Waals surface area contributed by atoms with E-state index in [1.54, 1.807) is 0 Å². The number of ether oxygens (including phenoxy) is 2. The number of carboxylic acids is 1. The summed E-state index contributed by atoms with van der Waals surface area (Å²) in [5.41, 5.74) is 0.